The highest BCUT2D eigenvalue weighted by atomic mass is 16.2. The molecule has 2 rings (SSSR count). The van der Waals surface area contributed by atoms with Crippen molar-refractivity contribution in [3.63, 3.8) is 0 Å². The number of nitrogens with zero attached hydrogens (tertiary/aromatic N) is 1. The first-order valence-electron chi connectivity index (χ1n) is 7.01. The van der Waals surface area contributed by atoms with Crippen LogP contribution in [0.15, 0.2) is 30.3 Å². The van der Waals surface area contributed by atoms with Crippen molar-refractivity contribution in [3.05, 3.63) is 30.3 Å². The normalized spacial score (nSPS) is 19.4. The van der Waals surface area contributed by atoms with E-state index in [1.54, 1.807) is 12.1 Å². The van der Waals surface area contributed by atoms with E-state index in [0.29, 0.717) is 18.3 Å². The van der Waals surface area contributed by atoms with Gasteiger partial charge >= 0.3 is 11.8 Å². The van der Waals surface area contributed by atoms with E-state index >= 15 is 0 Å². The van der Waals surface area contributed by atoms with E-state index in [1.165, 1.54) is 12.8 Å². The average Bonchev–Trinajstić information content (AvgIpc) is 2.47. The fourth-order valence-electron chi connectivity index (χ4n) is 2.40. The summed E-state index contributed by atoms with van der Waals surface area (Å²) in [7, 11) is 2.06. The largest absolute Gasteiger partial charge is 0.346 e. The lowest BCUT2D eigenvalue weighted by atomic mass is 10.0. The summed E-state index contributed by atoms with van der Waals surface area (Å²) in [4.78, 5) is 25.7. The number of carbonyl (C=O) groups is 2. The van der Waals surface area contributed by atoms with Gasteiger partial charge in [-0.25, -0.2) is 0 Å². The van der Waals surface area contributed by atoms with Crippen LogP contribution in [0.4, 0.5) is 5.69 Å². The number of nitrogens with one attached hydrogen (secondary N) is 2. The van der Waals surface area contributed by atoms with E-state index in [0.717, 1.165) is 13.0 Å². The van der Waals surface area contributed by atoms with E-state index in [9.17, 15) is 9.59 Å². The molecule has 1 saturated heterocycles. The number of para-hydroxylation sites is 1. The highest BCUT2D eigenvalue weighted by molar-refractivity contribution is 6.39. The molecule has 1 atom stereocenters. The molecule has 0 aliphatic carbocycles. The molecule has 0 bridgehead atoms. The van der Waals surface area contributed by atoms with Gasteiger partial charge < -0.3 is 15.5 Å². The summed E-state index contributed by atoms with van der Waals surface area (Å²) in [5.74, 6) is -1.19. The Labute approximate surface area is 119 Å². The minimum atomic E-state index is -0.616. The maximum Gasteiger partial charge on any atom is 0.313 e. The minimum Gasteiger partial charge on any atom is -0.346 e. The standard InChI is InChI=1S/C15H21N3O2/c1-18-10-6-5-9-13(18)11-16-14(19)15(20)17-12-7-3-2-4-8-12/h2-4,7-8,13H,5-6,9-11H2,1H3,(H,16,19)(H,17,20)/t13-/m1/s1. The lowest BCUT2D eigenvalue weighted by Gasteiger charge is -2.32. The van der Waals surface area contributed by atoms with Gasteiger partial charge in [0.25, 0.3) is 0 Å². The number of rotatable bonds is 3. The van der Waals surface area contributed by atoms with Gasteiger partial charge in [0.2, 0.25) is 0 Å². The summed E-state index contributed by atoms with van der Waals surface area (Å²) in [5, 5.41) is 5.29. The van der Waals surface area contributed by atoms with Crippen molar-refractivity contribution in [2.45, 2.75) is 25.3 Å². The summed E-state index contributed by atoms with van der Waals surface area (Å²) in [5.41, 5.74) is 0.627. The van der Waals surface area contributed by atoms with Crippen LogP contribution in [0.1, 0.15) is 19.3 Å². The molecule has 2 N–H and O–H groups in total. The van der Waals surface area contributed by atoms with Crippen molar-refractivity contribution >= 4 is 17.5 Å². The Bertz CT molecular complexity index is 461. The Kier molecular flexibility index (Phi) is 5.12. The van der Waals surface area contributed by atoms with Gasteiger partial charge in [-0.1, -0.05) is 24.6 Å². The molecule has 5 nitrogen and oxygen atoms in total. The molecule has 0 aromatic heterocycles. The van der Waals surface area contributed by atoms with Crippen LogP contribution in [0.3, 0.4) is 0 Å². The number of piperidine rings is 1. The number of anilines is 1. The van der Waals surface area contributed by atoms with E-state index < -0.39 is 11.8 Å². The molecule has 1 aliphatic rings. The second-order valence-corrected chi connectivity index (χ2v) is 5.16. The Hall–Kier alpha value is -1.88. The number of hydrogen-bond acceptors (Lipinski definition) is 3. The molecule has 1 aliphatic heterocycles. The third kappa shape index (κ3) is 4.06. The lowest BCUT2D eigenvalue weighted by molar-refractivity contribution is -0.136. The van der Waals surface area contributed by atoms with Crippen molar-refractivity contribution < 1.29 is 9.59 Å². The predicted molar refractivity (Wildman–Crippen MR) is 78.4 cm³/mol. The van der Waals surface area contributed by atoms with Crippen molar-refractivity contribution in [3.8, 4) is 0 Å². The molecule has 1 aromatic rings. The SMILES string of the molecule is CN1CCCC[C@@H]1CNC(=O)C(=O)Nc1ccccc1. The molecule has 1 aromatic carbocycles. The number of carbonyl (C=O) groups excluding carboxylic acids is 2. The van der Waals surface area contributed by atoms with E-state index in [-0.39, 0.29) is 0 Å². The summed E-state index contributed by atoms with van der Waals surface area (Å²) in [6, 6.07) is 9.31. The molecular weight excluding hydrogens is 254 g/mol. The minimum absolute atomic E-state index is 0.331. The van der Waals surface area contributed by atoms with E-state index in [2.05, 4.69) is 22.6 Å². The molecule has 1 fully saturated rings. The number of hydrogen-bond donors (Lipinski definition) is 2. The summed E-state index contributed by atoms with van der Waals surface area (Å²) >= 11 is 0. The van der Waals surface area contributed by atoms with Crippen LogP contribution in [0.2, 0.25) is 0 Å². The maximum absolute atomic E-state index is 11.8. The zero-order valence-electron chi connectivity index (χ0n) is 11.8. The number of amides is 2. The van der Waals surface area contributed by atoms with Crippen LogP contribution in [0, 0.1) is 0 Å². The Morgan fingerprint density at radius 3 is 2.65 bits per heavy atom. The molecule has 0 saturated carbocycles. The van der Waals surface area contributed by atoms with Crippen LogP contribution >= 0.6 is 0 Å². The zero-order valence-corrected chi connectivity index (χ0v) is 11.8. The topological polar surface area (TPSA) is 61.4 Å². The Morgan fingerprint density at radius 1 is 1.20 bits per heavy atom. The summed E-state index contributed by atoms with van der Waals surface area (Å²) in [6.45, 7) is 1.58. The second kappa shape index (κ2) is 7.05. The van der Waals surface area contributed by atoms with Crippen molar-refractivity contribution in [1.82, 2.24) is 10.2 Å². The van der Waals surface area contributed by atoms with Gasteiger partial charge in [-0.3, -0.25) is 9.59 Å². The van der Waals surface area contributed by atoms with Gasteiger partial charge in [0.1, 0.15) is 0 Å². The maximum atomic E-state index is 11.8. The first kappa shape index (κ1) is 14.5. The van der Waals surface area contributed by atoms with Crippen LogP contribution in [0.25, 0.3) is 0 Å². The zero-order chi connectivity index (χ0) is 14.4. The predicted octanol–water partition coefficient (Wildman–Crippen LogP) is 1.23. The van der Waals surface area contributed by atoms with Crippen LogP contribution in [-0.2, 0) is 9.59 Å². The highest BCUT2D eigenvalue weighted by Gasteiger charge is 2.21. The summed E-state index contributed by atoms with van der Waals surface area (Å²) < 4.78 is 0. The van der Waals surface area contributed by atoms with Gasteiger partial charge in [0.15, 0.2) is 0 Å². The quantitative estimate of drug-likeness (QED) is 0.816. The number of likely N-dealkylation sites (N-methyl/N-ethyl adjacent to an activating group) is 1. The van der Waals surface area contributed by atoms with Gasteiger partial charge in [-0.15, -0.1) is 0 Å². The van der Waals surface area contributed by atoms with E-state index in [4.69, 9.17) is 0 Å². The molecule has 2 amide bonds. The third-order valence-electron chi connectivity index (χ3n) is 3.66. The molecule has 0 unspecified atom stereocenters. The molecule has 5 heteroatoms. The number of likely N-dealkylation sites (tertiary alicyclic amines) is 1. The molecule has 1 heterocycles. The smallest absolute Gasteiger partial charge is 0.313 e. The molecule has 0 spiro atoms. The fraction of sp³-hybridized carbons (Fsp3) is 0.467. The van der Waals surface area contributed by atoms with Gasteiger partial charge in [-0.05, 0) is 38.6 Å². The second-order valence-electron chi connectivity index (χ2n) is 5.16. The Morgan fingerprint density at radius 2 is 1.95 bits per heavy atom. The van der Waals surface area contributed by atoms with Crippen LogP contribution in [0.5, 0.6) is 0 Å². The van der Waals surface area contributed by atoms with Crippen molar-refractivity contribution in [2.75, 3.05) is 25.5 Å². The molecular formula is C15H21N3O2. The molecule has 0 radical (unpaired) electrons. The van der Waals surface area contributed by atoms with Gasteiger partial charge in [0, 0.05) is 18.3 Å². The third-order valence-corrected chi connectivity index (χ3v) is 3.66. The van der Waals surface area contributed by atoms with Crippen LogP contribution < -0.4 is 10.6 Å². The molecule has 108 valence electrons. The Balaban J connectivity index is 1.78. The molecule has 20 heavy (non-hydrogen) atoms. The van der Waals surface area contributed by atoms with Gasteiger partial charge in [-0.2, -0.15) is 0 Å². The number of benzene rings is 1. The fourth-order valence-corrected chi connectivity index (χ4v) is 2.40. The highest BCUT2D eigenvalue weighted by Crippen LogP contribution is 2.13. The van der Waals surface area contributed by atoms with Crippen molar-refractivity contribution in [1.29, 1.82) is 0 Å². The first-order valence-corrected chi connectivity index (χ1v) is 7.01. The van der Waals surface area contributed by atoms with Crippen LogP contribution in [-0.4, -0.2) is 42.9 Å². The van der Waals surface area contributed by atoms with Gasteiger partial charge in [0.05, 0.1) is 0 Å². The average molecular weight is 275 g/mol. The lowest BCUT2D eigenvalue weighted by Crippen LogP contribution is -2.46. The first-order chi connectivity index (χ1) is 9.66. The van der Waals surface area contributed by atoms with E-state index in [1.807, 2.05) is 18.2 Å². The summed E-state index contributed by atoms with van der Waals surface area (Å²) in [6.07, 6.45) is 3.45. The van der Waals surface area contributed by atoms with Crippen molar-refractivity contribution in [2.24, 2.45) is 0 Å². The monoisotopic (exact) mass is 275 g/mol.